The largest absolute Gasteiger partial charge is 0.325 e. The van der Waals surface area contributed by atoms with Gasteiger partial charge in [-0.25, -0.2) is 9.67 Å². The van der Waals surface area contributed by atoms with E-state index in [4.69, 9.17) is 0 Å². The average molecular weight is 387 g/mol. The Kier molecular flexibility index (Phi) is 4.74. The summed E-state index contributed by atoms with van der Waals surface area (Å²) in [5, 5.41) is 7.28. The Morgan fingerprint density at radius 1 is 1.03 bits per heavy atom. The molecule has 0 saturated heterocycles. The monoisotopic (exact) mass is 387 g/mol. The number of ketones is 1. The number of benzene rings is 2. The normalized spacial score (nSPS) is 10.8. The number of hydrogen-bond donors (Lipinski definition) is 1. The van der Waals surface area contributed by atoms with E-state index in [1.807, 2.05) is 30.3 Å². The molecule has 0 spiro atoms. The van der Waals surface area contributed by atoms with Crippen molar-refractivity contribution < 1.29 is 9.59 Å². The summed E-state index contributed by atoms with van der Waals surface area (Å²) in [5.74, 6) is -0.427. The van der Waals surface area contributed by atoms with Gasteiger partial charge >= 0.3 is 0 Å². The summed E-state index contributed by atoms with van der Waals surface area (Å²) in [6.07, 6.45) is 2.79. The van der Waals surface area contributed by atoms with E-state index in [2.05, 4.69) is 15.4 Å². The Balaban J connectivity index is 1.55. The standard InChI is InChI=1S/C21H17N5O3/c1-14(27)15-7-9-16(10-8-15)24-19(28)12-25-13-22-20-18(21(25)29)11-23-26(20)17-5-3-2-4-6-17/h2-11,13H,12H2,1H3,(H,24,28). The Bertz CT molecular complexity index is 1260. The molecule has 0 aliphatic rings. The lowest BCUT2D eigenvalue weighted by molar-refractivity contribution is -0.116. The zero-order valence-electron chi connectivity index (χ0n) is 15.6. The molecule has 4 aromatic rings. The highest BCUT2D eigenvalue weighted by atomic mass is 16.2. The SMILES string of the molecule is CC(=O)c1ccc(NC(=O)Cn2cnc3c(cnn3-c3ccccc3)c2=O)cc1. The van der Waals surface area contributed by atoms with Crippen molar-refractivity contribution in [2.24, 2.45) is 0 Å². The number of hydrogen-bond acceptors (Lipinski definition) is 5. The number of Topliss-reactive ketones (excluding diaryl/α,β-unsaturated/α-hetero) is 1. The summed E-state index contributed by atoms with van der Waals surface area (Å²) in [5.41, 5.74) is 1.97. The fourth-order valence-electron chi connectivity index (χ4n) is 2.96. The molecule has 1 amide bonds. The lowest BCUT2D eigenvalue weighted by Crippen LogP contribution is -2.27. The molecule has 2 aromatic carbocycles. The smallest absolute Gasteiger partial charge is 0.264 e. The number of nitrogens with zero attached hydrogens (tertiary/aromatic N) is 4. The quantitative estimate of drug-likeness (QED) is 0.530. The molecule has 144 valence electrons. The molecule has 8 heteroatoms. The van der Waals surface area contributed by atoms with Crippen LogP contribution in [0.15, 0.2) is 71.9 Å². The first-order chi connectivity index (χ1) is 14.0. The molecule has 1 N–H and O–H groups in total. The molecule has 2 heterocycles. The molecule has 0 radical (unpaired) electrons. The minimum atomic E-state index is -0.376. The van der Waals surface area contributed by atoms with E-state index in [1.165, 1.54) is 24.0 Å². The van der Waals surface area contributed by atoms with E-state index in [0.717, 1.165) is 5.69 Å². The van der Waals surface area contributed by atoms with Gasteiger partial charge in [0.2, 0.25) is 5.91 Å². The Hall–Kier alpha value is -4.07. The summed E-state index contributed by atoms with van der Waals surface area (Å²) in [6, 6.07) is 15.9. The van der Waals surface area contributed by atoms with Crippen LogP contribution in [0.4, 0.5) is 5.69 Å². The van der Waals surface area contributed by atoms with Gasteiger partial charge in [-0.15, -0.1) is 0 Å². The fourth-order valence-corrected chi connectivity index (χ4v) is 2.96. The van der Waals surface area contributed by atoms with Crippen LogP contribution >= 0.6 is 0 Å². The van der Waals surface area contributed by atoms with Crippen molar-refractivity contribution in [3.63, 3.8) is 0 Å². The van der Waals surface area contributed by atoms with Crippen molar-refractivity contribution in [2.75, 3.05) is 5.32 Å². The first-order valence-electron chi connectivity index (χ1n) is 8.92. The molecule has 0 saturated carbocycles. The van der Waals surface area contributed by atoms with Crippen LogP contribution in [0.2, 0.25) is 0 Å². The highest BCUT2D eigenvalue weighted by Gasteiger charge is 2.13. The lowest BCUT2D eigenvalue weighted by atomic mass is 10.1. The number of anilines is 1. The van der Waals surface area contributed by atoms with Gasteiger partial charge in [-0.3, -0.25) is 19.0 Å². The van der Waals surface area contributed by atoms with Crippen LogP contribution in [-0.4, -0.2) is 31.0 Å². The lowest BCUT2D eigenvalue weighted by Gasteiger charge is -2.08. The Morgan fingerprint density at radius 3 is 2.45 bits per heavy atom. The zero-order chi connectivity index (χ0) is 20.4. The van der Waals surface area contributed by atoms with Gasteiger partial charge < -0.3 is 5.32 Å². The van der Waals surface area contributed by atoms with Crippen molar-refractivity contribution in [3.8, 4) is 5.69 Å². The molecule has 4 rings (SSSR count). The molecule has 2 aromatic heterocycles. The Morgan fingerprint density at radius 2 is 1.76 bits per heavy atom. The van der Waals surface area contributed by atoms with Crippen molar-refractivity contribution in [2.45, 2.75) is 13.5 Å². The first-order valence-corrected chi connectivity index (χ1v) is 8.92. The third-order valence-corrected chi connectivity index (χ3v) is 4.44. The summed E-state index contributed by atoms with van der Waals surface area (Å²) < 4.78 is 2.82. The molecule has 0 aliphatic carbocycles. The highest BCUT2D eigenvalue weighted by Crippen LogP contribution is 2.13. The van der Waals surface area contributed by atoms with Crippen molar-refractivity contribution in [1.82, 2.24) is 19.3 Å². The maximum Gasteiger partial charge on any atom is 0.264 e. The van der Waals surface area contributed by atoms with E-state index < -0.39 is 0 Å². The number of para-hydroxylation sites is 1. The molecule has 0 unspecified atom stereocenters. The molecular formula is C21H17N5O3. The van der Waals surface area contributed by atoms with Gasteiger partial charge in [0.05, 0.1) is 11.9 Å². The predicted octanol–water partition coefficient (Wildman–Crippen LogP) is 2.42. The van der Waals surface area contributed by atoms with Crippen molar-refractivity contribution in [1.29, 1.82) is 0 Å². The fraction of sp³-hybridized carbons (Fsp3) is 0.0952. The van der Waals surface area contributed by atoms with Crippen LogP contribution in [0.3, 0.4) is 0 Å². The third-order valence-electron chi connectivity index (χ3n) is 4.44. The second kappa shape index (κ2) is 7.51. The third kappa shape index (κ3) is 3.68. The van der Waals surface area contributed by atoms with Gasteiger partial charge in [-0.05, 0) is 43.3 Å². The molecule has 29 heavy (non-hydrogen) atoms. The van der Waals surface area contributed by atoms with Gasteiger partial charge in [-0.2, -0.15) is 5.10 Å². The van der Waals surface area contributed by atoms with E-state index >= 15 is 0 Å². The zero-order valence-corrected chi connectivity index (χ0v) is 15.6. The van der Waals surface area contributed by atoms with Crippen LogP contribution in [0.5, 0.6) is 0 Å². The number of amides is 1. The summed E-state index contributed by atoms with van der Waals surface area (Å²) >= 11 is 0. The predicted molar refractivity (Wildman–Crippen MR) is 108 cm³/mol. The van der Waals surface area contributed by atoms with Crippen LogP contribution in [0.25, 0.3) is 16.7 Å². The highest BCUT2D eigenvalue weighted by molar-refractivity contribution is 5.95. The van der Waals surface area contributed by atoms with Crippen LogP contribution in [0.1, 0.15) is 17.3 Å². The van der Waals surface area contributed by atoms with E-state index in [-0.39, 0.29) is 23.8 Å². The van der Waals surface area contributed by atoms with E-state index in [9.17, 15) is 14.4 Å². The van der Waals surface area contributed by atoms with Gasteiger partial charge in [0.1, 0.15) is 18.3 Å². The number of rotatable bonds is 5. The minimum absolute atomic E-state index is 0.0511. The van der Waals surface area contributed by atoms with Gasteiger partial charge in [-0.1, -0.05) is 18.2 Å². The van der Waals surface area contributed by atoms with Crippen LogP contribution in [-0.2, 0) is 11.3 Å². The number of carbonyl (C=O) groups excluding carboxylic acids is 2. The van der Waals surface area contributed by atoms with E-state index in [0.29, 0.717) is 22.3 Å². The molecular weight excluding hydrogens is 370 g/mol. The van der Waals surface area contributed by atoms with Gasteiger partial charge in [0.25, 0.3) is 5.56 Å². The molecule has 0 atom stereocenters. The molecule has 0 aliphatic heterocycles. The second-order valence-electron chi connectivity index (χ2n) is 6.49. The number of carbonyl (C=O) groups is 2. The maximum atomic E-state index is 12.7. The maximum absolute atomic E-state index is 12.7. The first kappa shape index (κ1) is 18.3. The van der Waals surface area contributed by atoms with Crippen LogP contribution < -0.4 is 10.9 Å². The second-order valence-corrected chi connectivity index (χ2v) is 6.49. The molecule has 0 bridgehead atoms. The summed E-state index contributed by atoms with van der Waals surface area (Å²) in [7, 11) is 0. The topological polar surface area (TPSA) is 98.9 Å². The van der Waals surface area contributed by atoms with Crippen molar-refractivity contribution in [3.05, 3.63) is 83.0 Å². The average Bonchev–Trinajstić information content (AvgIpc) is 3.16. The van der Waals surface area contributed by atoms with Gasteiger partial charge in [0, 0.05) is 11.3 Å². The summed E-state index contributed by atoms with van der Waals surface area (Å²) in [6.45, 7) is 1.29. The Labute approximate surface area is 165 Å². The summed E-state index contributed by atoms with van der Waals surface area (Å²) in [4.78, 5) is 40.7. The van der Waals surface area contributed by atoms with Crippen LogP contribution in [0, 0.1) is 0 Å². The number of nitrogens with one attached hydrogen (secondary N) is 1. The van der Waals surface area contributed by atoms with Gasteiger partial charge in [0.15, 0.2) is 11.4 Å². The molecule has 0 fully saturated rings. The minimum Gasteiger partial charge on any atom is -0.325 e. The number of fused-ring (bicyclic) bond motifs is 1. The van der Waals surface area contributed by atoms with E-state index in [1.54, 1.807) is 28.9 Å². The van der Waals surface area contributed by atoms with Crippen molar-refractivity contribution >= 4 is 28.4 Å². The molecule has 8 nitrogen and oxygen atoms in total. The number of aromatic nitrogens is 4.